The van der Waals surface area contributed by atoms with Crippen LogP contribution in [0.4, 0.5) is 0 Å². The summed E-state index contributed by atoms with van der Waals surface area (Å²) in [5.41, 5.74) is 4.88. The van der Waals surface area contributed by atoms with Gasteiger partial charge in [-0.25, -0.2) is 0 Å². The number of aliphatic hydroxyl groups excluding tert-OH is 2. The van der Waals surface area contributed by atoms with E-state index in [2.05, 4.69) is 26.8 Å². The average molecular weight is 561 g/mol. The highest BCUT2D eigenvalue weighted by molar-refractivity contribution is 5.91. The predicted molar refractivity (Wildman–Crippen MR) is 161 cm³/mol. The van der Waals surface area contributed by atoms with Crippen molar-refractivity contribution in [1.82, 2.24) is 0 Å². The first-order valence-electron chi connectivity index (χ1n) is 17.0. The minimum Gasteiger partial charge on any atom is -0.508 e. The molecule has 5 saturated carbocycles. The number of benzene rings is 1. The number of rotatable bonds is 0. The van der Waals surface area contributed by atoms with Gasteiger partial charge in [-0.05, 0) is 165 Å². The number of aliphatic hydroxyl groups is 2. The standard InChI is InChI=1S/C19H28O2.C18H24O2/c1-18-9-7-13(20)11-12(18)3-4-14-15-5-6-17(21)19(15,2)10-8-16(14)18;1-18-9-8-14-13-5-3-12(19)10-11(13)2-4-15(14)16(18)6-7-17(18)20/h11,14-17,21H,3-10H2,1-2H3;3,5,10,14-17,19-20H,2,4,6-9H2,1H3/t14-,15-,16-,17?,18-,19-;14-,15-,16+,17+,18+/m01/s1. The van der Waals surface area contributed by atoms with E-state index in [0.717, 1.165) is 62.7 Å². The largest absolute Gasteiger partial charge is 0.508 e. The number of fused-ring (bicyclic) bond motifs is 10. The lowest BCUT2D eigenvalue weighted by Gasteiger charge is -2.57. The molecule has 8 rings (SSSR count). The number of aromatic hydroxyl groups is 1. The Balaban J connectivity index is 0.000000135. The van der Waals surface area contributed by atoms with Gasteiger partial charge in [-0.2, -0.15) is 0 Å². The van der Waals surface area contributed by atoms with E-state index in [1.807, 2.05) is 18.2 Å². The van der Waals surface area contributed by atoms with E-state index in [1.54, 1.807) is 0 Å². The van der Waals surface area contributed by atoms with Crippen molar-refractivity contribution < 1.29 is 20.1 Å². The minimum absolute atomic E-state index is 0.0823. The Morgan fingerprint density at radius 3 is 2.10 bits per heavy atom. The van der Waals surface area contributed by atoms with E-state index >= 15 is 0 Å². The van der Waals surface area contributed by atoms with Crippen molar-refractivity contribution in [2.45, 2.75) is 129 Å². The maximum Gasteiger partial charge on any atom is 0.155 e. The van der Waals surface area contributed by atoms with Gasteiger partial charge in [-0.1, -0.05) is 32.4 Å². The van der Waals surface area contributed by atoms with Crippen LogP contribution in [0.15, 0.2) is 29.8 Å². The zero-order valence-corrected chi connectivity index (χ0v) is 25.6. The second kappa shape index (κ2) is 9.94. The highest BCUT2D eigenvalue weighted by Gasteiger charge is 2.59. The first-order chi connectivity index (χ1) is 19.5. The van der Waals surface area contributed by atoms with Gasteiger partial charge in [0.1, 0.15) is 5.75 Å². The Bertz CT molecular complexity index is 1240. The Labute approximate surface area is 247 Å². The molecule has 11 atom stereocenters. The van der Waals surface area contributed by atoms with Gasteiger partial charge in [0.25, 0.3) is 0 Å². The third-order valence-corrected chi connectivity index (χ3v) is 14.6. The van der Waals surface area contributed by atoms with Crippen LogP contribution in [0, 0.1) is 45.8 Å². The fraction of sp³-hybridized carbons (Fsp3) is 0.757. The van der Waals surface area contributed by atoms with Crippen LogP contribution in [0.25, 0.3) is 0 Å². The van der Waals surface area contributed by atoms with E-state index < -0.39 is 0 Å². The average Bonchev–Trinajstić information content (AvgIpc) is 3.43. The third kappa shape index (κ3) is 4.24. The molecule has 0 bridgehead atoms. The van der Waals surface area contributed by atoms with Crippen molar-refractivity contribution in [2.75, 3.05) is 0 Å². The number of hydrogen-bond donors (Lipinski definition) is 3. The summed E-state index contributed by atoms with van der Waals surface area (Å²) in [6.07, 6.45) is 17.5. The molecule has 4 heteroatoms. The van der Waals surface area contributed by atoms with Gasteiger partial charge in [0.05, 0.1) is 12.2 Å². The molecule has 0 amide bonds. The summed E-state index contributed by atoms with van der Waals surface area (Å²) in [6, 6.07) is 5.96. The number of phenolic OH excluding ortho intramolecular Hbond substituents is 1. The zero-order chi connectivity index (χ0) is 28.7. The SMILES string of the molecule is C[C@]12CCC(=O)C=C1CC[C@@H]1[C@@H]2CC[C@]2(C)C(O)CC[C@@H]12.C[C@]12CC[C@@H]3c4ccc(O)cc4CC[C@H]3[C@@H]1CC[C@@H]2O. The molecule has 0 aromatic heterocycles. The molecule has 4 nitrogen and oxygen atoms in total. The first kappa shape index (κ1) is 28.1. The van der Waals surface area contributed by atoms with Crippen LogP contribution in [0.5, 0.6) is 5.75 Å². The highest BCUT2D eigenvalue weighted by Crippen LogP contribution is 2.65. The lowest BCUT2D eigenvalue weighted by molar-refractivity contribution is -0.118. The molecular formula is C37H52O4. The van der Waals surface area contributed by atoms with Crippen LogP contribution in [0.2, 0.25) is 0 Å². The fourth-order valence-electron chi connectivity index (χ4n) is 12.1. The highest BCUT2D eigenvalue weighted by atomic mass is 16.3. The molecule has 0 heterocycles. The maximum absolute atomic E-state index is 11.8. The monoisotopic (exact) mass is 560 g/mol. The van der Waals surface area contributed by atoms with Crippen molar-refractivity contribution >= 4 is 5.78 Å². The molecule has 41 heavy (non-hydrogen) atoms. The van der Waals surface area contributed by atoms with Gasteiger partial charge < -0.3 is 15.3 Å². The molecule has 1 aromatic carbocycles. The number of hydrogen-bond acceptors (Lipinski definition) is 4. The number of allylic oxidation sites excluding steroid dienone is 1. The van der Waals surface area contributed by atoms with Crippen molar-refractivity contribution in [3.05, 3.63) is 41.0 Å². The Morgan fingerprint density at radius 1 is 0.707 bits per heavy atom. The molecule has 0 radical (unpaired) electrons. The van der Waals surface area contributed by atoms with Gasteiger partial charge in [-0.15, -0.1) is 0 Å². The lowest BCUT2D eigenvalue weighted by atomic mass is 9.47. The quantitative estimate of drug-likeness (QED) is 0.307. The van der Waals surface area contributed by atoms with Crippen molar-refractivity contribution in [1.29, 1.82) is 0 Å². The normalized spacial score (nSPS) is 47.8. The molecule has 7 aliphatic carbocycles. The summed E-state index contributed by atoms with van der Waals surface area (Å²) in [5.74, 6) is 5.06. The van der Waals surface area contributed by atoms with E-state index in [9.17, 15) is 20.1 Å². The van der Waals surface area contributed by atoms with Crippen LogP contribution in [-0.4, -0.2) is 33.3 Å². The number of ketones is 1. The van der Waals surface area contributed by atoms with Gasteiger partial charge in [0, 0.05) is 6.42 Å². The first-order valence-corrected chi connectivity index (χ1v) is 17.0. The van der Waals surface area contributed by atoms with Crippen LogP contribution in [0.1, 0.15) is 121 Å². The van der Waals surface area contributed by atoms with Gasteiger partial charge >= 0.3 is 0 Å². The molecule has 7 aliphatic rings. The lowest BCUT2D eigenvalue weighted by Crippen LogP contribution is -2.51. The predicted octanol–water partition coefficient (Wildman–Crippen LogP) is 7.49. The molecule has 3 N–H and O–H groups in total. The van der Waals surface area contributed by atoms with Crippen LogP contribution < -0.4 is 0 Å². The van der Waals surface area contributed by atoms with E-state index in [0.29, 0.717) is 29.3 Å². The molecule has 0 aliphatic heterocycles. The molecule has 1 unspecified atom stereocenters. The summed E-state index contributed by atoms with van der Waals surface area (Å²) < 4.78 is 0. The van der Waals surface area contributed by atoms with Crippen molar-refractivity contribution in [3.63, 3.8) is 0 Å². The van der Waals surface area contributed by atoms with Crippen molar-refractivity contribution in [2.24, 2.45) is 45.8 Å². The Hall–Kier alpha value is -1.65. The molecule has 224 valence electrons. The van der Waals surface area contributed by atoms with Gasteiger partial charge in [-0.3, -0.25) is 4.79 Å². The summed E-state index contributed by atoms with van der Waals surface area (Å²) in [4.78, 5) is 11.8. The summed E-state index contributed by atoms with van der Waals surface area (Å²) in [5, 5.41) is 30.5. The summed E-state index contributed by atoms with van der Waals surface area (Å²) in [7, 11) is 0. The molecular weight excluding hydrogens is 508 g/mol. The molecule has 5 fully saturated rings. The van der Waals surface area contributed by atoms with E-state index in [-0.39, 0.29) is 28.5 Å². The van der Waals surface area contributed by atoms with Crippen LogP contribution in [0.3, 0.4) is 0 Å². The Morgan fingerprint density at radius 2 is 1.37 bits per heavy atom. The zero-order valence-electron chi connectivity index (χ0n) is 25.6. The molecule has 0 spiro atoms. The summed E-state index contributed by atoms with van der Waals surface area (Å²) >= 11 is 0. The molecule has 1 aromatic rings. The second-order valence-corrected chi connectivity index (χ2v) is 16.0. The number of phenols is 1. The van der Waals surface area contributed by atoms with E-state index in [4.69, 9.17) is 0 Å². The Kier molecular flexibility index (Phi) is 6.82. The van der Waals surface area contributed by atoms with Gasteiger partial charge in [0.2, 0.25) is 0 Å². The summed E-state index contributed by atoms with van der Waals surface area (Å²) in [6.45, 7) is 7.08. The number of aryl methyl sites for hydroxylation is 1. The minimum atomic E-state index is -0.0883. The maximum atomic E-state index is 11.8. The van der Waals surface area contributed by atoms with Crippen LogP contribution in [-0.2, 0) is 11.2 Å². The molecule has 0 saturated heterocycles. The van der Waals surface area contributed by atoms with Crippen LogP contribution >= 0.6 is 0 Å². The number of carbonyl (C=O) groups is 1. The van der Waals surface area contributed by atoms with Gasteiger partial charge in [0.15, 0.2) is 5.78 Å². The fourth-order valence-corrected chi connectivity index (χ4v) is 12.1. The third-order valence-electron chi connectivity index (χ3n) is 14.6. The van der Waals surface area contributed by atoms with Crippen molar-refractivity contribution in [3.8, 4) is 5.75 Å². The topological polar surface area (TPSA) is 77.8 Å². The smallest absolute Gasteiger partial charge is 0.155 e. The van der Waals surface area contributed by atoms with E-state index in [1.165, 1.54) is 61.6 Å². The number of carbonyl (C=O) groups excluding carboxylic acids is 1. The second-order valence-electron chi connectivity index (χ2n) is 16.0.